The standard InChI is InChI=1S/C19H21NO4/c1-15(19(22)23)20(12-16-8-4-2-5-9-16)18(21)14-24-13-17-10-6-3-7-11-17/h2-11,15H,12-14H2,1H3,(H,22,23). The number of nitrogens with zero attached hydrogens (tertiary/aromatic N) is 1. The number of ether oxygens (including phenoxy) is 1. The van der Waals surface area contributed by atoms with E-state index in [-0.39, 0.29) is 19.1 Å². The highest BCUT2D eigenvalue weighted by atomic mass is 16.5. The average Bonchev–Trinajstić information content (AvgIpc) is 2.60. The molecule has 0 radical (unpaired) electrons. The summed E-state index contributed by atoms with van der Waals surface area (Å²) in [4.78, 5) is 25.0. The van der Waals surface area contributed by atoms with E-state index in [1.165, 1.54) is 11.8 Å². The number of carboxylic acids is 1. The smallest absolute Gasteiger partial charge is 0.326 e. The lowest BCUT2D eigenvalue weighted by atomic mass is 10.2. The van der Waals surface area contributed by atoms with Crippen molar-refractivity contribution in [2.24, 2.45) is 0 Å². The second-order valence-corrected chi connectivity index (χ2v) is 5.50. The summed E-state index contributed by atoms with van der Waals surface area (Å²) in [6, 6.07) is 17.9. The molecule has 0 aliphatic heterocycles. The molecule has 0 fully saturated rings. The first-order valence-electron chi connectivity index (χ1n) is 7.76. The van der Waals surface area contributed by atoms with Crippen LogP contribution in [0.5, 0.6) is 0 Å². The molecular weight excluding hydrogens is 306 g/mol. The van der Waals surface area contributed by atoms with Gasteiger partial charge >= 0.3 is 5.97 Å². The van der Waals surface area contributed by atoms with E-state index in [4.69, 9.17) is 4.74 Å². The number of carbonyl (C=O) groups is 2. The summed E-state index contributed by atoms with van der Waals surface area (Å²) in [5.41, 5.74) is 1.84. The van der Waals surface area contributed by atoms with Gasteiger partial charge in [-0.25, -0.2) is 4.79 Å². The van der Waals surface area contributed by atoms with Gasteiger partial charge in [-0.05, 0) is 18.1 Å². The first-order valence-corrected chi connectivity index (χ1v) is 7.76. The van der Waals surface area contributed by atoms with Crippen LogP contribution in [0.1, 0.15) is 18.1 Å². The fourth-order valence-electron chi connectivity index (χ4n) is 2.27. The van der Waals surface area contributed by atoms with Gasteiger partial charge in [0.1, 0.15) is 12.6 Å². The summed E-state index contributed by atoms with van der Waals surface area (Å²) >= 11 is 0. The van der Waals surface area contributed by atoms with Crippen molar-refractivity contribution in [3.8, 4) is 0 Å². The monoisotopic (exact) mass is 327 g/mol. The molecule has 1 amide bonds. The molecule has 0 aromatic heterocycles. The van der Waals surface area contributed by atoms with Crippen LogP contribution in [0.3, 0.4) is 0 Å². The van der Waals surface area contributed by atoms with E-state index in [1.54, 1.807) is 0 Å². The zero-order valence-corrected chi connectivity index (χ0v) is 13.6. The normalized spacial score (nSPS) is 11.7. The molecule has 0 saturated heterocycles. The number of rotatable bonds is 8. The van der Waals surface area contributed by atoms with Crippen molar-refractivity contribution < 1.29 is 19.4 Å². The molecule has 5 nitrogen and oxygen atoms in total. The van der Waals surface area contributed by atoms with Gasteiger partial charge in [0.2, 0.25) is 5.91 Å². The Kier molecular flexibility index (Phi) is 6.51. The molecule has 126 valence electrons. The lowest BCUT2D eigenvalue weighted by molar-refractivity contribution is -0.152. The van der Waals surface area contributed by atoms with Crippen LogP contribution in [0.25, 0.3) is 0 Å². The minimum atomic E-state index is -1.04. The van der Waals surface area contributed by atoms with Crippen molar-refractivity contribution in [1.82, 2.24) is 4.90 Å². The van der Waals surface area contributed by atoms with Crippen molar-refractivity contribution >= 4 is 11.9 Å². The van der Waals surface area contributed by atoms with Gasteiger partial charge in [-0.3, -0.25) is 4.79 Å². The largest absolute Gasteiger partial charge is 0.480 e. The van der Waals surface area contributed by atoms with E-state index in [9.17, 15) is 14.7 Å². The molecule has 0 saturated carbocycles. The van der Waals surface area contributed by atoms with Crippen LogP contribution in [0.2, 0.25) is 0 Å². The lowest BCUT2D eigenvalue weighted by Crippen LogP contribution is -2.44. The van der Waals surface area contributed by atoms with Crippen LogP contribution in [0, 0.1) is 0 Å². The SMILES string of the molecule is CC(C(=O)O)N(Cc1ccccc1)C(=O)COCc1ccccc1. The second kappa shape index (κ2) is 8.84. The van der Waals surface area contributed by atoms with Crippen LogP contribution in [-0.4, -0.2) is 34.5 Å². The maximum atomic E-state index is 12.4. The molecule has 2 aromatic rings. The van der Waals surface area contributed by atoms with Gasteiger partial charge in [0, 0.05) is 6.54 Å². The third-order valence-electron chi connectivity index (χ3n) is 3.68. The van der Waals surface area contributed by atoms with Crippen LogP contribution in [0.4, 0.5) is 0 Å². The highest BCUT2D eigenvalue weighted by Crippen LogP contribution is 2.10. The zero-order valence-electron chi connectivity index (χ0n) is 13.6. The Hall–Kier alpha value is -2.66. The highest BCUT2D eigenvalue weighted by Gasteiger charge is 2.25. The van der Waals surface area contributed by atoms with Crippen molar-refractivity contribution in [1.29, 1.82) is 0 Å². The van der Waals surface area contributed by atoms with Gasteiger partial charge in [-0.15, -0.1) is 0 Å². The number of aliphatic carboxylic acids is 1. The molecule has 1 atom stereocenters. The van der Waals surface area contributed by atoms with Crippen LogP contribution in [-0.2, 0) is 27.5 Å². The molecule has 1 unspecified atom stereocenters. The molecule has 2 rings (SSSR count). The molecule has 0 bridgehead atoms. The Morgan fingerprint density at radius 2 is 1.54 bits per heavy atom. The molecule has 5 heteroatoms. The number of benzene rings is 2. The summed E-state index contributed by atoms with van der Waals surface area (Å²) in [7, 11) is 0. The zero-order chi connectivity index (χ0) is 17.4. The van der Waals surface area contributed by atoms with Crippen molar-refractivity contribution in [2.75, 3.05) is 6.61 Å². The highest BCUT2D eigenvalue weighted by molar-refractivity contribution is 5.84. The van der Waals surface area contributed by atoms with Crippen LogP contribution >= 0.6 is 0 Å². The van der Waals surface area contributed by atoms with Crippen molar-refractivity contribution in [3.05, 3.63) is 71.8 Å². The summed E-state index contributed by atoms with van der Waals surface area (Å²) < 4.78 is 5.45. The van der Waals surface area contributed by atoms with Gasteiger partial charge in [0.05, 0.1) is 6.61 Å². The van der Waals surface area contributed by atoms with Crippen molar-refractivity contribution in [3.63, 3.8) is 0 Å². The topological polar surface area (TPSA) is 66.8 Å². The maximum absolute atomic E-state index is 12.4. The van der Waals surface area contributed by atoms with Gasteiger partial charge < -0.3 is 14.7 Å². The first-order chi connectivity index (χ1) is 11.6. The Morgan fingerprint density at radius 1 is 1.00 bits per heavy atom. The van der Waals surface area contributed by atoms with Gasteiger partial charge in [0.25, 0.3) is 0 Å². The van der Waals surface area contributed by atoms with E-state index in [1.807, 2.05) is 60.7 Å². The minimum absolute atomic E-state index is 0.153. The van der Waals surface area contributed by atoms with E-state index < -0.39 is 12.0 Å². The molecule has 0 aliphatic rings. The lowest BCUT2D eigenvalue weighted by Gasteiger charge is -2.26. The summed E-state index contributed by atoms with van der Waals surface area (Å²) in [5.74, 6) is -1.38. The number of carbonyl (C=O) groups excluding carboxylic acids is 1. The fourth-order valence-corrected chi connectivity index (χ4v) is 2.27. The fraction of sp³-hybridized carbons (Fsp3) is 0.263. The van der Waals surface area contributed by atoms with Crippen LogP contribution in [0.15, 0.2) is 60.7 Å². The predicted molar refractivity (Wildman–Crippen MR) is 90.2 cm³/mol. The predicted octanol–water partition coefficient (Wildman–Crippen LogP) is 2.71. The number of hydrogen-bond donors (Lipinski definition) is 1. The van der Waals surface area contributed by atoms with Gasteiger partial charge in [0.15, 0.2) is 0 Å². The van der Waals surface area contributed by atoms with E-state index in [0.29, 0.717) is 6.61 Å². The van der Waals surface area contributed by atoms with Gasteiger partial charge in [-0.1, -0.05) is 60.7 Å². The number of hydrogen-bond acceptors (Lipinski definition) is 3. The molecule has 0 aliphatic carbocycles. The third-order valence-corrected chi connectivity index (χ3v) is 3.68. The Labute approximate surface area is 141 Å². The van der Waals surface area contributed by atoms with Crippen molar-refractivity contribution in [2.45, 2.75) is 26.1 Å². The summed E-state index contributed by atoms with van der Waals surface area (Å²) in [5, 5.41) is 9.25. The molecular formula is C19H21NO4. The number of amides is 1. The quantitative estimate of drug-likeness (QED) is 0.809. The van der Waals surface area contributed by atoms with E-state index in [0.717, 1.165) is 11.1 Å². The Balaban J connectivity index is 1.97. The molecule has 0 spiro atoms. The number of carboxylic acid groups (broad SMARTS) is 1. The third kappa shape index (κ3) is 5.21. The molecule has 24 heavy (non-hydrogen) atoms. The van der Waals surface area contributed by atoms with E-state index in [2.05, 4.69) is 0 Å². The van der Waals surface area contributed by atoms with Crippen LogP contribution < -0.4 is 0 Å². The van der Waals surface area contributed by atoms with E-state index >= 15 is 0 Å². The maximum Gasteiger partial charge on any atom is 0.326 e. The first kappa shape index (κ1) is 17.7. The summed E-state index contributed by atoms with van der Waals surface area (Å²) in [6.07, 6.45) is 0. The molecule has 1 N–H and O–H groups in total. The van der Waals surface area contributed by atoms with Gasteiger partial charge in [-0.2, -0.15) is 0 Å². The molecule has 2 aromatic carbocycles. The Bertz CT molecular complexity index is 658. The average molecular weight is 327 g/mol. The summed E-state index contributed by atoms with van der Waals surface area (Å²) in [6.45, 7) is 1.90. The second-order valence-electron chi connectivity index (χ2n) is 5.50. The Morgan fingerprint density at radius 3 is 2.08 bits per heavy atom. The minimum Gasteiger partial charge on any atom is -0.480 e. The molecule has 0 heterocycles.